The molecule has 49 heavy (non-hydrogen) atoms. The zero-order valence-electron chi connectivity index (χ0n) is 29.2. The maximum absolute atomic E-state index is 13.8. The summed E-state index contributed by atoms with van der Waals surface area (Å²) >= 11 is 0. The van der Waals surface area contributed by atoms with E-state index in [2.05, 4.69) is 16.0 Å². The first-order valence-corrected chi connectivity index (χ1v) is 16.5. The molecular formula is C35H52N4O10. The highest BCUT2D eigenvalue weighted by Crippen LogP contribution is 2.29. The first-order chi connectivity index (χ1) is 23.2. The molecule has 0 aromatic carbocycles. The van der Waals surface area contributed by atoms with Gasteiger partial charge in [-0.15, -0.1) is 0 Å². The summed E-state index contributed by atoms with van der Waals surface area (Å²) in [6, 6.07) is 0. The van der Waals surface area contributed by atoms with Gasteiger partial charge in [0.05, 0.1) is 23.6 Å². The summed E-state index contributed by atoms with van der Waals surface area (Å²) in [7, 11) is 2.91. The van der Waals surface area contributed by atoms with Gasteiger partial charge in [0, 0.05) is 50.4 Å². The van der Waals surface area contributed by atoms with E-state index in [0.29, 0.717) is 37.9 Å². The first kappa shape index (κ1) is 40.9. The number of rotatable bonds is 11. The number of unbranched alkanes of at least 4 members (excludes halogenated alkanes) is 3. The number of hydrogen-bond donors (Lipinski definition) is 6. The Hall–Kier alpha value is -4.27. The van der Waals surface area contributed by atoms with Crippen LogP contribution in [-0.4, -0.2) is 91.6 Å². The molecule has 7 N–H and O–H groups in total. The molecule has 6 atom stereocenters. The van der Waals surface area contributed by atoms with Crippen LogP contribution >= 0.6 is 0 Å². The van der Waals surface area contributed by atoms with E-state index in [0.717, 1.165) is 18.9 Å². The molecule has 14 heteroatoms. The number of methoxy groups -OCH3 is 2. The number of ketones is 2. The van der Waals surface area contributed by atoms with Crippen molar-refractivity contribution in [3.05, 3.63) is 58.5 Å². The SMILES string of the molecule is CO[C@H]1/C=C\C=C(/C)C(=O)NC2=CC(=O)C(NCCCCCCNC(=O)O)=C(C[C@@H](C)C[C@H](OC)[C@@H](O)[C@@H](C)/C=C(\C)[C@@H]1OC(N)=O)C2=O. The number of carbonyl (C=O) groups is 5. The number of carboxylic acid groups (broad SMARTS) is 1. The number of carbonyl (C=O) groups excluding carboxylic acids is 4. The van der Waals surface area contributed by atoms with Crippen LogP contribution in [0.15, 0.2) is 58.5 Å². The van der Waals surface area contributed by atoms with Gasteiger partial charge < -0.3 is 46.1 Å². The third kappa shape index (κ3) is 12.9. The van der Waals surface area contributed by atoms with Crippen LogP contribution in [0.5, 0.6) is 0 Å². The van der Waals surface area contributed by atoms with Crippen LogP contribution in [0.1, 0.15) is 66.2 Å². The van der Waals surface area contributed by atoms with Gasteiger partial charge in [-0.25, -0.2) is 9.59 Å². The smallest absolute Gasteiger partial charge is 0.405 e. The van der Waals surface area contributed by atoms with Crippen molar-refractivity contribution in [2.45, 2.75) is 90.6 Å². The van der Waals surface area contributed by atoms with Gasteiger partial charge in [0.1, 0.15) is 6.10 Å². The van der Waals surface area contributed by atoms with Gasteiger partial charge in [0.25, 0.3) is 5.91 Å². The largest absolute Gasteiger partial charge is 0.465 e. The normalized spacial score (nSPS) is 28.7. The summed E-state index contributed by atoms with van der Waals surface area (Å²) in [5, 5.41) is 28.1. The van der Waals surface area contributed by atoms with E-state index in [1.165, 1.54) is 20.3 Å². The number of aliphatic hydroxyl groups is 1. The number of allylic oxidation sites excluding steroid dienone is 4. The number of hydrogen-bond acceptors (Lipinski definition) is 10. The minimum atomic E-state index is -1.06. The molecule has 0 unspecified atom stereocenters. The van der Waals surface area contributed by atoms with Gasteiger partial charge in [-0.1, -0.05) is 51.0 Å². The third-order valence-corrected chi connectivity index (χ3v) is 8.48. The molecule has 0 aromatic heterocycles. The van der Waals surface area contributed by atoms with Crippen molar-refractivity contribution in [3.63, 3.8) is 0 Å². The second-order valence-electron chi connectivity index (χ2n) is 12.5. The van der Waals surface area contributed by atoms with E-state index in [1.807, 2.05) is 6.92 Å². The Balaban J connectivity index is 2.45. The van der Waals surface area contributed by atoms with Crippen LogP contribution in [-0.2, 0) is 28.6 Å². The first-order valence-electron chi connectivity index (χ1n) is 16.5. The fourth-order valence-electron chi connectivity index (χ4n) is 5.79. The Bertz CT molecular complexity index is 1370. The summed E-state index contributed by atoms with van der Waals surface area (Å²) in [5.41, 5.74) is 6.40. The Labute approximate surface area is 287 Å². The van der Waals surface area contributed by atoms with E-state index >= 15 is 0 Å². The van der Waals surface area contributed by atoms with Crippen LogP contribution in [0, 0.1) is 11.8 Å². The lowest BCUT2D eigenvalue weighted by atomic mass is 9.85. The molecule has 0 aromatic rings. The molecule has 0 radical (unpaired) electrons. The van der Waals surface area contributed by atoms with Crippen molar-refractivity contribution in [1.82, 2.24) is 16.0 Å². The summed E-state index contributed by atoms with van der Waals surface area (Å²) in [6.45, 7) is 7.72. The van der Waals surface area contributed by atoms with Crippen LogP contribution in [0.25, 0.3) is 0 Å². The monoisotopic (exact) mass is 688 g/mol. The van der Waals surface area contributed by atoms with Crippen molar-refractivity contribution in [2.75, 3.05) is 27.3 Å². The molecule has 3 amide bonds. The molecule has 0 fully saturated rings. The fraction of sp³-hybridized carbons (Fsp3) is 0.571. The molecule has 1 aliphatic heterocycles. The van der Waals surface area contributed by atoms with Crippen LogP contribution in [0.4, 0.5) is 9.59 Å². The summed E-state index contributed by atoms with van der Waals surface area (Å²) < 4.78 is 16.6. The highest BCUT2D eigenvalue weighted by atomic mass is 16.6. The minimum absolute atomic E-state index is 0.148. The van der Waals surface area contributed by atoms with Crippen LogP contribution in [0.3, 0.4) is 0 Å². The summed E-state index contributed by atoms with van der Waals surface area (Å²) in [4.78, 5) is 62.7. The lowest BCUT2D eigenvalue weighted by Gasteiger charge is -2.30. The molecule has 0 spiro atoms. The molecule has 2 bridgehead atoms. The Morgan fingerprint density at radius 2 is 1.71 bits per heavy atom. The number of primary amides is 1. The van der Waals surface area contributed by atoms with E-state index in [9.17, 15) is 29.1 Å². The predicted octanol–water partition coefficient (Wildman–Crippen LogP) is 3.18. The van der Waals surface area contributed by atoms with Crippen molar-refractivity contribution < 1.29 is 48.4 Å². The van der Waals surface area contributed by atoms with E-state index in [4.69, 9.17) is 25.1 Å². The van der Waals surface area contributed by atoms with Gasteiger partial charge in [-0.2, -0.15) is 0 Å². The topological polar surface area (TPSA) is 216 Å². The quantitative estimate of drug-likeness (QED) is 0.105. The highest BCUT2D eigenvalue weighted by molar-refractivity contribution is 6.23. The molecule has 1 aliphatic carbocycles. The molecule has 272 valence electrons. The second-order valence-corrected chi connectivity index (χ2v) is 12.5. The highest BCUT2D eigenvalue weighted by Gasteiger charge is 2.33. The van der Waals surface area contributed by atoms with Crippen molar-refractivity contribution in [3.8, 4) is 0 Å². The Kier molecular flexibility index (Phi) is 16.9. The zero-order valence-corrected chi connectivity index (χ0v) is 29.2. The predicted molar refractivity (Wildman–Crippen MR) is 182 cm³/mol. The van der Waals surface area contributed by atoms with E-state index in [1.54, 1.807) is 39.0 Å². The average Bonchev–Trinajstić information content (AvgIpc) is 3.04. The summed E-state index contributed by atoms with van der Waals surface area (Å²) in [6.07, 6.45) is 5.46. The molecule has 2 aliphatic rings. The fourth-order valence-corrected chi connectivity index (χ4v) is 5.79. The van der Waals surface area contributed by atoms with Gasteiger partial charge in [-0.05, 0) is 51.0 Å². The number of nitrogens with one attached hydrogen (secondary N) is 3. The average molecular weight is 689 g/mol. The van der Waals surface area contributed by atoms with Crippen molar-refractivity contribution in [2.24, 2.45) is 17.6 Å². The maximum Gasteiger partial charge on any atom is 0.405 e. The lowest BCUT2D eigenvalue weighted by molar-refractivity contribution is -0.120. The van der Waals surface area contributed by atoms with Gasteiger partial charge in [-0.3, -0.25) is 14.4 Å². The Morgan fingerprint density at radius 3 is 2.33 bits per heavy atom. The summed E-state index contributed by atoms with van der Waals surface area (Å²) in [5.74, 6) is -2.24. The molecule has 0 saturated carbocycles. The standard InChI is InChI=1S/C35H52N4O10/c1-20-16-24-29(37-14-9-7-8-10-15-38-35(45)46)26(40)19-25(31(24)42)39-33(43)21(2)12-11-13-27(47-5)32(49-34(36)44)23(4)18-22(3)30(41)28(17-20)48-6/h11-13,18-20,22,27-28,30,32,37-38,41H,7-10,14-17H2,1-6H3,(H2,36,44)(H,39,43)(H,45,46)/b13-11-,21-12+,23-18+/t20-,22+,27+,28+,30+,32+/m1/s1. The second kappa shape index (κ2) is 20.3. The van der Waals surface area contributed by atoms with Crippen LogP contribution in [0.2, 0.25) is 0 Å². The third-order valence-electron chi connectivity index (χ3n) is 8.48. The number of amides is 3. The van der Waals surface area contributed by atoms with E-state index in [-0.39, 0.29) is 34.9 Å². The van der Waals surface area contributed by atoms with Gasteiger partial charge in [0.2, 0.25) is 11.6 Å². The molecular weight excluding hydrogens is 636 g/mol. The number of nitrogens with two attached hydrogens (primary N) is 1. The molecule has 2 rings (SSSR count). The van der Waals surface area contributed by atoms with Crippen molar-refractivity contribution >= 4 is 29.7 Å². The molecule has 0 saturated heterocycles. The number of ether oxygens (including phenoxy) is 3. The minimum Gasteiger partial charge on any atom is -0.465 e. The Morgan fingerprint density at radius 1 is 1.04 bits per heavy atom. The number of aliphatic hydroxyl groups excluding tert-OH is 1. The zero-order chi connectivity index (χ0) is 36.7. The maximum atomic E-state index is 13.8. The van der Waals surface area contributed by atoms with Gasteiger partial charge >= 0.3 is 12.2 Å². The number of Topliss-reactive ketones (excluding diaryl/α,β-unsaturated/α-hetero) is 1. The van der Waals surface area contributed by atoms with Gasteiger partial charge in [0.15, 0.2) is 6.10 Å². The molecule has 14 nitrogen and oxygen atoms in total. The van der Waals surface area contributed by atoms with Crippen molar-refractivity contribution in [1.29, 1.82) is 0 Å². The lowest BCUT2D eigenvalue weighted by Crippen LogP contribution is -2.38. The number of fused-ring (bicyclic) bond motifs is 2. The van der Waals surface area contributed by atoms with Crippen LogP contribution < -0.4 is 21.7 Å². The van der Waals surface area contributed by atoms with E-state index < -0.39 is 60.0 Å². The molecule has 1 heterocycles.